The number of urea groups is 1. The zero-order valence-electron chi connectivity index (χ0n) is 13.7. The van der Waals surface area contributed by atoms with Crippen molar-refractivity contribution in [3.63, 3.8) is 0 Å². The van der Waals surface area contributed by atoms with Crippen molar-refractivity contribution in [2.75, 3.05) is 19.6 Å². The van der Waals surface area contributed by atoms with Crippen LogP contribution in [-0.4, -0.2) is 36.5 Å². The predicted octanol–water partition coefficient (Wildman–Crippen LogP) is 2.30. The topological polar surface area (TPSA) is 61.4 Å². The standard InChI is InChI=1S/C18H25N3O2/c1-14-6-4-7-15(12-14)18(8-2-3-9-18)20-10-5-11-21-16(22)13-19-17(21)23/h4,6-7,12,20H,2-3,5,8-11,13H2,1H3,(H,19,23). The molecule has 1 aromatic rings. The summed E-state index contributed by atoms with van der Waals surface area (Å²) in [5.41, 5.74) is 2.71. The summed E-state index contributed by atoms with van der Waals surface area (Å²) in [5, 5.41) is 6.28. The van der Waals surface area contributed by atoms with Crippen LogP contribution in [0.25, 0.3) is 0 Å². The van der Waals surface area contributed by atoms with Crippen LogP contribution < -0.4 is 10.6 Å². The summed E-state index contributed by atoms with van der Waals surface area (Å²) in [6, 6.07) is 8.48. The second-order valence-corrected chi connectivity index (χ2v) is 6.64. The molecule has 0 radical (unpaired) electrons. The van der Waals surface area contributed by atoms with Crippen LogP contribution in [0.4, 0.5) is 4.79 Å². The van der Waals surface area contributed by atoms with Gasteiger partial charge in [0.25, 0.3) is 0 Å². The predicted molar refractivity (Wildman–Crippen MR) is 89.1 cm³/mol. The van der Waals surface area contributed by atoms with Gasteiger partial charge >= 0.3 is 6.03 Å². The first-order chi connectivity index (χ1) is 11.1. The maximum absolute atomic E-state index is 11.6. The van der Waals surface area contributed by atoms with Gasteiger partial charge < -0.3 is 10.6 Å². The number of hydrogen-bond donors (Lipinski definition) is 2. The molecule has 1 saturated carbocycles. The molecule has 1 saturated heterocycles. The van der Waals surface area contributed by atoms with E-state index in [4.69, 9.17) is 0 Å². The fraction of sp³-hybridized carbons (Fsp3) is 0.556. The van der Waals surface area contributed by atoms with Gasteiger partial charge in [0.05, 0.1) is 6.54 Å². The van der Waals surface area contributed by atoms with Crippen LogP contribution in [-0.2, 0) is 10.3 Å². The van der Waals surface area contributed by atoms with Crippen molar-refractivity contribution in [2.45, 2.75) is 44.6 Å². The first kappa shape index (κ1) is 16.0. The molecule has 2 N–H and O–H groups in total. The van der Waals surface area contributed by atoms with Gasteiger partial charge in [-0.05, 0) is 38.3 Å². The Morgan fingerprint density at radius 2 is 2.04 bits per heavy atom. The van der Waals surface area contributed by atoms with Crippen LogP contribution in [0.2, 0.25) is 0 Å². The highest BCUT2D eigenvalue weighted by Gasteiger charge is 2.35. The third-order valence-electron chi connectivity index (χ3n) is 4.99. The fourth-order valence-electron chi connectivity index (χ4n) is 3.74. The molecule has 3 rings (SSSR count). The van der Waals surface area contributed by atoms with E-state index >= 15 is 0 Å². The number of aryl methyl sites for hydroxylation is 1. The Kier molecular flexibility index (Phi) is 4.66. The molecule has 3 amide bonds. The van der Waals surface area contributed by atoms with E-state index in [9.17, 15) is 9.59 Å². The number of benzene rings is 1. The second kappa shape index (κ2) is 6.71. The lowest BCUT2D eigenvalue weighted by Crippen LogP contribution is -2.42. The lowest BCUT2D eigenvalue weighted by molar-refractivity contribution is -0.125. The van der Waals surface area contributed by atoms with Gasteiger partial charge in [0.2, 0.25) is 5.91 Å². The molecule has 0 bridgehead atoms. The molecule has 1 aliphatic heterocycles. The summed E-state index contributed by atoms with van der Waals surface area (Å²) in [5.74, 6) is -0.121. The molecule has 5 heteroatoms. The Morgan fingerprint density at radius 3 is 2.70 bits per heavy atom. The Morgan fingerprint density at radius 1 is 1.26 bits per heavy atom. The van der Waals surface area contributed by atoms with Crippen molar-refractivity contribution in [3.05, 3.63) is 35.4 Å². The monoisotopic (exact) mass is 315 g/mol. The van der Waals surface area contributed by atoms with Gasteiger partial charge in [0.1, 0.15) is 0 Å². The summed E-state index contributed by atoms with van der Waals surface area (Å²) in [4.78, 5) is 24.4. The SMILES string of the molecule is Cc1cccc(C2(NCCCN3C(=O)CNC3=O)CCCC2)c1. The number of carbonyl (C=O) groups is 2. The van der Waals surface area contributed by atoms with E-state index in [1.807, 2.05) is 0 Å². The zero-order chi connectivity index (χ0) is 16.3. The summed E-state index contributed by atoms with van der Waals surface area (Å²) in [7, 11) is 0. The van der Waals surface area contributed by atoms with Crippen molar-refractivity contribution in [1.82, 2.24) is 15.5 Å². The molecule has 5 nitrogen and oxygen atoms in total. The molecule has 0 atom stereocenters. The molecular weight excluding hydrogens is 290 g/mol. The van der Waals surface area contributed by atoms with E-state index in [0.717, 1.165) is 25.8 Å². The smallest absolute Gasteiger partial charge is 0.324 e. The number of imide groups is 1. The first-order valence-corrected chi connectivity index (χ1v) is 8.51. The van der Waals surface area contributed by atoms with E-state index in [0.29, 0.717) is 6.54 Å². The third kappa shape index (κ3) is 3.39. The van der Waals surface area contributed by atoms with E-state index in [2.05, 4.69) is 41.8 Å². The average Bonchev–Trinajstić information content (AvgIpc) is 3.13. The molecule has 0 unspecified atom stereocenters. The number of hydrogen-bond acceptors (Lipinski definition) is 3. The van der Waals surface area contributed by atoms with E-state index in [-0.39, 0.29) is 24.0 Å². The highest BCUT2D eigenvalue weighted by molar-refractivity contribution is 6.01. The minimum absolute atomic E-state index is 0.0588. The van der Waals surface area contributed by atoms with E-state index in [1.165, 1.54) is 28.9 Å². The molecule has 1 heterocycles. The third-order valence-corrected chi connectivity index (χ3v) is 4.99. The van der Waals surface area contributed by atoms with Gasteiger partial charge in [-0.25, -0.2) is 4.79 Å². The van der Waals surface area contributed by atoms with Crippen molar-refractivity contribution >= 4 is 11.9 Å². The molecule has 2 fully saturated rings. The highest BCUT2D eigenvalue weighted by atomic mass is 16.2. The van der Waals surface area contributed by atoms with Crippen molar-refractivity contribution in [3.8, 4) is 0 Å². The summed E-state index contributed by atoms with van der Waals surface area (Å²) >= 11 is 0. The number of rotatable bonds is 6. The lowest BCUT2D eigenvalue weighted by Gasteiger charge is -2.32. The van der Waals surface area contributed by atoms with Crippen LogP contribution >= 0.6 is 0 Å². The molecular formula is C18H25N3O2. The van der Waals surface area contributed by atoms with Gasteiger partial charge in [-0.15, -0.1) is 0 Å². The van der Waals surface area contributed by atoms with Crippen LogP contribution in [0.15, 0.2) is 24.3 Å². The van der Waals surface area contributed by atoms with Crippen LogP contribution in [0.5, 0.6) is 0 Å². The Labute approximate surface area is 137 Å². The van der Waals surface area contributed by atoms with Gasteiger partial charge in [-0.3, -0.25) is 9.69 Å². The minimum atomic E-state index is -0.260. The summed E-state index contributed by atoms with van der Waals surface area (Å²) in [6.45, 7) is 3.57. The normalized spacial score (nSPS) is 20.1. The lowest BCUT2D eigenvalue weighted by atomic mass is 9.87. The minimum Gasteiger partial charge on any atom is -0.329 e. The maximum atomic E-state index is 11.6. The summed E-state index contributed by atoms with van der Waals surface area (Å²) in [6.07, 6.45) is 5.58. The molecule has 23 heavy (non-hydrogen) atoms. The molecule has 1 aromatic carbocycles. The van der Waals surface area contributed by atoms with Gasteiger partial charge in [-0.2, -0.15) is 0 Å². The fourth-order valence-corrected chi connectivity index (χ4v) is 3.74. The van der Waals surface area contributed by atoms with Crippen LogP contribution in [0.3, 0.4) is 0 Å². The van der Waals surface area contributed by atoms with Gasteiger partial charge in [0, 0.05) is 12.1 Å². The van der Waals surface area contributed by atoms with Gasteiger partial charge in [0.15, 0.2) is 0 Å². The Hall–Kier alpha value is -1.88. The summed E-state index contributed by atoms with van der Waals surface area (Å²) < 4.78 is 0. The Bertz CT molecular complexity index is 578. The Balaban J connectivity index is 1.58. The number of carbonyl (C=O) groups excluding carboxylic acids is 2. The molecule has 2 aliphatic rings. The first-order valence-electron chi connectivity index (χ1n) is 8.51. The molecule has 0 aromatic heterocycles. The zero-order valence-corrected chi connectivity index (χ0v) is 13.7. The van der Waals surface area contributed by atoms with E-state index < -0.39 is 0 Å². The van der Waals surface area contributed by atoms with Crippen molar-refractivity contribution in [1.29, 1.82) is 0 Å². The quantitative estimate of drug-likeness (QED) is 0.625. The number of nitrogens with one attached hydrogen (secondary N) is 2. The van der Waals surface area contributed by atoms with Crippen LogP contribution in [0, 0.1) is 6.92 Å². The number of amides is 3. The van der Waals surface area contributed by atoms with Gasteiger partial charge in [-0.1, -0.05) is 42.7 Å². The molecule has 1 aliphatic carbocycles. The van der Waals surface area contributed by atoms with Crippen molar-refractivity contribution in [2.24, 2.45) is 0 Å². The maximum Gasteiger partial charge on any atom is 0.324 e. The average molecular weight is 315 g/mol. The second-order valence-electron chi connectivity index (χ2n) is 6.64. The van der Waals surface area contributed by atoms with E-state index in [1.54, 1.807) is 0 Å². The highest BCUT2D eigenvalue weighted by Crippen LogP contribution is 2.38. The molecule has 124 valence electrons. The largest absolute Gasteiger partial charge is 0.329 e. The molecule has 0 spiro atoms. The van der Waals surface area contributed by atoms with Crippen molar-refractivity contribution < 1.29 is 9.59 Å². The number of nitrogens with zero attached hydrogens (tertiary/aromatic N) is 1. The van der Waals surface area contributed by atoms with Crippen LogP contribution in [0.1, 0.15) is 43.2 Å².